The normalized spacial score (nSPS) is 14.9. The van der Waals surface area contributed by atoms with Gasteiger partial charge in [-0.15, -0.1) is 0 Å². The highest BCUT2D eigenvalue weighted by molar-refractivity contribution is 5.92. The largest absolute Gasteiger partial charge is 0.462 e. The molecule has 2 heterocycles. The Morgan fingerprint density at radius 3 is 2.55 bits per heavy atom. The van der Waals surface area contributed by atoms with Crippen molar-refractivity contribution in [3.8, 4) is 11.3 Å². The number of ether oxygens (including phenoxy) is 2. The van der Waals surface area contributed by atoms with Crippen molar-refractivity contribution in [2.45, 2.75) is 58.6 Å². The molecular formula is C22H29N3O4. The molecule has 1 unspecified atom stereocenters. The van der Waals surface area contributed by atoms with Crippen molar-refractivity contribution >= 4 is 12.1 Å². The van der Waals surface area contributed by atoms with Gasteiger partial charge in [-0.1, -0.05) is 0 Å². The average Bonchev–Trinajstić information content (AvgIpc) is 3.41. The van der Waals surface area contributed by atoms with Gasteiger partial charge in [0, 0.05) is 41.8 Å². The van der Waals surface area contributed by atoms with Gasteiger partial charge in [-0.05, 0) is 64.7 Å². The number of aromatic amines is 1. The highest BCUT2D eigenvalue weighted by atomic mass is 16.6. The number of amides is 1. The second-order valence-corrected chi connectivity index (χ2v) is 8.33. The zero-order valence-corrected chi connectivity index (χ0v) is 17.5. The van der Waals surface area contributed by atoms with E-state index in [4.69, 9.17) is 9.47 Å². The van der Waals surface area contributed by atoms with E-state index in [1.165, 1.54) is 0 Å². The number of pyridine rings is 1. The molecule has 7 nitrogen and oxygen atoms in total. The lowest BCUT2D eigenvalue weighted by Gasteiger charge is -2.23. The lowest BCUT2D eigenvalue weighted by Crippen LogP contribution is -2.41. The topological polar surface area (TPSA) is 93.3 Å². The maximum absolute atomic E-state index is 12.5. The smallest absolute Gasteiger partial charge is 0.407 e. The number of rotatable bonds is 7. The fourth-order valence-electron chi connectivity index (χ4n) is 3.25. The Kier molecular flexibility index (Phi) is 6.25. The first-order chi connectivity index (χ1) is 13.8. The van der Waals surface area contributed by atoms with Crippen LogP contribution in [0.3, 0.4) is 0 Å². The number of hydrogen-bond donors (Lipinski definition) is 2. The van der Waals surface area contributed by atoms with E-state index >= 15 is 0 Å². The van der Waals surface area contributed by atoms with Crippen LogP contribution in [0.1, 0.15) is 56.6 Å². The molecule has 2 N–H and O–H groups in total. The van der Waals surface area contributed by atoms with E-state index in [0.717, 1.165) is 29.8 Å². The fourth-order valence-corrected chi connectivity index (χ4v) is 3.25. The molecule has 3 rings (SSSR count). The SMILES string of the molecule is CCOC(=O)c1cc(-c2ccncc2)[nH]c1CC(NC(=O)OC(C)(C)C)C1CC1. The van der Waals surface area contributed by atoms with Crippen LogP contribution in [0.15, 0.2) is 30.6 Å². The highest BCUT2D eigenvalue weighted by Crippen LogP contribution is 2.35. The molecule has 2 aromatic rings. The molecule has 7 heteroatoms. The summed E-state index contributed by atoms with van der Waals surface area (Å²) in [6, 6.07) is 5.45. The molecule has 1 atom stereocenters. The second kappa shape index (κ2) is 8.68. The maximum Gasteiger partial charge on any atom is 0.407 e. The number of carbonyl (C=O) groups excluding carboxylic acids is 2. The summed E-state index contributed by atoms with van der Waals surface area (Å²) in [6.07, 6.45) is 5.57. The molecule has 0 saturated heterocycles. The molecule has 0 bridgehead atoms. The van der Waals surface area contributed by atoms with Crippen LogP contribution in [-0.4, -0.2) is 40.3 Å². The number of alkyl carbamates (subject to hydrolysis) is 1. The van der Waals surface area contributed by atoms with Crippen LogP contribution in [-0.2, 0) is 15.9 Å². The van der Waals surface area contributed by atoms with Gasteiger partial charge in [0.05, 0.1) is 12.2 Å². The van der Waals surface area contributed by atoms with E-state index < -0.39 is 11.7 Å². The predicted octanol–water partition coefficient (Wildman–Crippen LogP) is 4.10. The third kappa shape index (κ3) is 5.82. The van der Waals surface area contributed by atoms with E-state index in [1.807, 2.05) is 32.9 Å². The Labute approximate surface area is 171 Å². The van der Waals surface area contributed by atoms with Gasteiger partial charge in [-0.25, -0.2) is 9.59 Å². The Morgan fingerprint density at radius 2 is 1.97 bits per heavy atom. The molecule has 1 saturated carbocycles. The van der Waals surface area contributed by atoms with Crippen LogP contribution in [0.2, 0.25) is 0 Å². The third-order valence-electron chi connectivity index (χ3n) is 4.70. The van der Waals surface area contributed by atoms with Crippen molar-refractivity contribution in [1.29, 1.82) is 0 Å². The van der Waals surface area contributed by atoms with Gasteiger partial charge in [-0.2, -0.15) is 0 Å². The van der Waals surface area contributed by atoms with Crippen LogP contribution in [0, 0.1) is 5.92 Å². The number of H-pyrrole nitrogens is 1. The number of nitrogens with zero attached hydrogens (tertiary/aromatic N) is 1. The molecule has 29 heavy (non-hydrogen) atoms. The minimum atomic E-state index is -0.560. The van der Waals surface area contributed by atoms with Gasteiger partial charge < -0.3 is 19.8 Å². The lowest BCUT2D eigenvalue weighted by atomic mass is 10.0. The molecule has 0 radical (unpaired) electrons. The Hall–Kier alpha value is -2.83. The first-order valence-electron chi connectivity index (χ1n) is 10.1. The first kappa shape index (κ1) is 20.9. The molecule has 156 valence electrons. The van der Waals surface area contributed by atoms with Crippen LogP contribution < -0.4 is 5.32 Å². The van der Waals surface area contributed by atoms with Gasteiger partial charge in [-0.3, -0.25) is 4.98 Å². The van der Waals surface area contributed by atoms with Crippen molar-refractivity contribution in [2.75, 3.05) is 6.61 Å². The van der Waals surface area contributed by atoms with Gasteiger partial charge >= 0.3 is 12.1 Å². The molecule has 1 amide bonds. The van der Waals surface area contributed by atoms with E-state index in [1.54, 1.807) is 25.4 Å². The molecule has 0 aromatic carbocycles. The van der Waals surface area contributed by atoms with Gasteiger partial charge in [0.25, 0.3) is 0 Å². The number of esters is 1. The minimum absolute atomic E-state index is 0.109. The second-order valence-electron chi connectivity index (χ2n) is 8.33. The Balaban J connectivity index is 1.84. The number of hydrogen-bond acceptors (Lipinski definition) is 5. The maximum atomic E-state index is 12.5. The zero-order valence-electron chi connectivity index (χ0n) is 17.5. The summed E-state index contributed by atoms with van der Waals surface area (Å²) < 4.78 is 10.7. The minimum Gasteiger partial charge on any atom is -0.462 e. The lowest BCUT2D eigenvalue weighted by molar-refractivity contribution is 0.0497. The number of carbonyl (C=O) groups is 2. The van der Waals surface area contributed by atoms with Gasteiger partial charge in [0.1, 0.15) is 5.60 Å². The van der Waals surface area contributed by atoms with Gasteiger partial charge in [0.15, 0.2) is 0 Å². The Morgan fingerprint density at radius 1 is 1.28 bits per heavy atom. The predicted molar refractivity (Wildman–Crippen MR) is 110 cm³/mol. The standard InChI is InChI=1S/C22H29N3O4/c1-5-28-20(26)16-12-17(15-8-10-23-11-9-15)24-19(16)13-18(14-6-7-14)25-21(27)29-22(2,3)4/h8-12,14,18,24H,5-7,13H2,1-4H3,(H,25,27). The zero-order chi connectivity index (χ0) is 21.0. The van der Waals surface area contributed by atoms with Crippen molar-refractivity contribution < 1.29 is 19.1 Å². The molecule has 1 fully saturated rings. The van der Waals surface area contributed by atoms with E-state index in [0.29, 0.717) is 24.5 Å². The highest BCUT2D eigenvalue weighted by Gasteiger charge is 2.35. The average molecular weight is 399 g/mol. The van der Waals surface area contributed by atoms with Crippen LogP contribution >= 0.6 is 0 Å². The molecular weight excluding hydrogens is 370 g/mol. The molecule has 1 aliphatic carbocycles. The van der Waals surface area contributed by atoms with Crippen LogP contribution in [0.4, 0.5) is 4.79 Å². The van der Waals surface area contributed by atoms with Crippen molar-refractivity contribution in [2.24, 2.45) is 5.92 Å². The van der Waals surface area contributed by atoms with Crippen molar-refractivity contribution in [1.82, 2.24) is 15.3 Å². The fraction of sp³-hybridized carbons (Fsp3) is 0.500. The van der Waals surface area contributed by atoms with E-state index in [2.05, 4.69) is 15.3 Å². The van der Waals surface area contributed by atoms with Crippen LogP contribution in [0.25, 0.3) is 11.3 Å². The van der Waals surface area contributed by atoms with Crippen LogP contribution in [0.5, 0.6) is 0 Å². The summed E-state index contributed by atoms with van der Waals surface area (Å²) in [5, 5.41) is 2.99. The summed E-state index contributed by atoms with van der Waals surface area (Å²) in [5.74, 6) is 0.0103. The monoisotopic (exact) mass is 399 g/mol. The van der Waals surface area contributed by atoms with Gasteiger partial charge in [0.2, 0.25) is 0 Å². The first-order valence-corrected chi connectivity index (χ1v) is 10.1. The quantitative estimate of drug-likeness (QED) is 0.684. The van der Waals surface area contributed by atoms with E-state index in [-0.39, 0.29) is 12.0 Å². The number of aromatic nitrogens is 2. The molecule has 0 spiro atoms. The summed E-state index contributed by atoms with van der Waals surface area (Å²) >= 11 is 0. The van der Waals surface area contributed by atoms with Crippen molar-refractivity contribution in [3.63, 3.8) is 0 Å². The van der Waals surface area contributed by atoms with E-state index in [9.17, 15) is 9.59 Å². The summed E-state index contributed by atoms with van der Waals surface area (Å²) in [6.45, 7) is 7.60. The third-order valence-corrected chi connectivity index (χ3v) is 4.70. The van der Waals surface area contributed by atoms with Crippen molar-refractivity contribution in [3.05, 3.63) is 41.9 Å². The number of nitrogens with one attached hydrogen (secondary N) is 2. The summed E-state index contributed by atoms with van der Waals surface area (Å²) in [5.41, 5.74) is 2.44. The Bertz CT molecular complexity index is 851. The molecule has 1 aliphatic rings. The summed E-state index contributed by atoms with van der Waals surface area (Å²) in [7, 11) is 0. The summed E-state index contributed by atoms with van der Waals surface area (Å²) in [4.78, 5) is 32.2. The molecule has 0 aliphatic heterocycles. The molecule has 2 aromatic heterocycles.